The molecule has 114 valence electrons. The predicted molar refractivity (Wildman–Crippen MR) is 85.6 cm³/mol. The number of hydrogen-bond acceptors (Lipinski definition) is 4. The lowest BCUT2D eigenvalue weighted by molar-refractivity contribution is 0.200. The minimum absolute atomic E-state index is 0.156. The van der Waals surface area contributed by atoms with Crippen LogP contribution in [0, 0.1) is 0 Å². The van der Waals surface area contributed by atoms with Crippen molar-refractivity contribution >= 4 is 41.9 Å². The zero-order valence-corrected chi connectivity index (χ0v) is 12.8. The molecule has 2 aromatic rings. The van der Waals surface area contributed by atoms with Crippen molar-refractivity contribution < 1.29 is 19.6 Å². The highest BCUT2D eigenvalue weighted by Crippen LogP contribution is 2.15. The Morgan fingerprint density at radius 1 is 1.14 bits per heavy atom. The van der Waals surface area contributed by atoms with Gasteiger partial charge >= 0.3 is 13.2 Å². The third-order valence-electron chi connectivity index (χ3n) is 2.80. The van der Waals surface area contributed by atoms with Crippen molar-refractivity contribution in [2.45, 2.75) is 6.54 Å². The van der Waals surface area contributed by atoms with E-state index in [4.69, 9.17) is 27.9 Å². The number of amides is 1. The number of ether oxygens (including phenoxy) is 1. The predicted octanol–water partition coefficient (Wildman–Crippen LogP) is 1.96. The summed E-state index contributed by atoms with van der Waals surface area (Å²) < 4.78 is 5.06. The normalized spacial score (nSPS) is 10.2. The molecular weight excluding hydrogens is 328 g/mol. The zero-order chi connectivity index (χ0) is 16.1. The van der Waals surface area contributed by atoms with Crippen LogP contribution in [0.5, 0.6) is 5.75 Å². The van der Waals surface area contributed by atoms with E-state index in [9.17, 15) is 14.8 Å². The van der Waals surface area contributed by atoms with Gasteiger partial charge < -0.3 is 20.1 Å². The summed E-state index contributed by atoms with van der Waals surface area (Å²) >= 11 is 11.6. The summed E-state index contributed by atoms with van der Waals surface area (Å²) in [6, 6.07) is 11.1. The number of carbonyl (C=O) groups is 1. The molecule has 0 fully saturated rings. The lowest BCUT2D eigenvalue weighted by Gasteiger charge is -2.09. The van der Waals surface area contributed by atoms with Crippen molar-refractivity contribution in [3.05, 3.63) is 58.1 Å². The number of hydrogen-bond donors (Lipinski definition) is 3. The molecule has 0 heterocycles. The maximum Gasteiger partial charge on any atom is 0.489 e. The minimum Gasteiger partial charge on any atom is -0.423 e. The third kappa shape index (κ3) is 4.64. The molecule has 0 atom stereocenters. The van der Waals surface area contributed by atoms with E-state index in [0.29, 0.717) is 16.3 Å². The maximum absolute atomic E-state index is 11.7. The van der Waals surface area contributed by atoms with Crippen LogP contribution in [-0.2, 0) is 6.54 Å². The van der Waals surface area contributed by atoms with Crippen LogP contribution in [0.2, 0.25) is 10.0 Å². The van der Waals surface area contributed by atoms with Gasteiger partial charge in [0.25, 0.3) is 0 Å². The Hall–Kier alpha value is -1.73. The van der Waals surface area contributed by atoms with Crippen LogP contribution in [0.3, 0.4) is 0 Å². The van der Waals surface area contributed by atoms with Crippen molar-refractivity contribution in [3.8, 4) is 5.75 Å². The van der Waals surface area contributed by atoms with E-state index in [-0.39, 0.29) is 17.0 Å². The van der Waals surface area contributed by atoms with E-state index >= 15 is 0 Å². The minimum atomic E-state index is -1.67. The summed E-state index contributed by atoms with van der Waals surface area (Å²) in [5.41, 5.74) is 0.826. The van der Waals surface area contributed by atoms with Crippen molar-refractivity contribution in [3.63, 3.8) is 0 Å². The Balaban J connectivity index is 1.93. The monoisotopic (exact) mass is 339 g/mol. The molecule has 0 radical (unpaired) electrons. The summed E-state index contributed by atoms with van der Waals surface area (Å²) in [6.07, 6.45) is -0.636. The van der Waals surface area contributed by atoms with E-state index < -0.39 is 13.2 Å². The summed E-state index contributed by atoms with van der Waals surface area (Å²) in [5.74, 6) is 0.365. The fraction of sp³-hybridized carbons (Fsp3) is 0.0714. The molecule has 5 nitrogen and oxygen atoms in total. The highest BCUT2D eigenvalue weighted by Gasteiger charge is 2.15. The Labute approximate surface area is 137 Å². The molecule has 1 amide bonds. The molecule has 0 saturated carbocycles. The number of carbonyl (C=O) groups excluding carboxylic acids is 1. The molecule has 2 aromatic carbocycles. The lowest BCUT2D eigenvalue weighted by Crippen LogP contribution is -2.32. The average Bonchev–Trinajstić information content (AvgIpc) is 2.48. The van der Waals surface area contributed by atoms with E-state index in [1.54, 1.807) is 30.3 Å². The Bertz CT molecular complexity index is 664. The number of halogens is 2. The molecule has 22 heavy (non-hydrogen) atoms. The highest BCUT2D eigenvalue weighted by atomic mass is 35.5. The van der Waals surface area contributed by atoms with Gasteiger partial charge in [-0.3, -0.25) is 0 Å². The summed E-state index contributed by atoms with van der Waals surface area (Å²) in [5, 5.41) is 21.7. The largest absolute Gasteiger partial charge is 0.489 e. The molecule has 8 heteroatoms. The standard InChI is InChI=1S/C14H12BCl2NO4/c16-10-2-4-11(5-3-10)22-14(19)18-8-9-1-6-13(17)12(7-9)15(20)21/h1-7,20-21H,8H2,(H,18,19). The summed E-state index contributed by atoms with van der Waals surface area (Å²) in [6.45, 7) is 0.156. The number of rotatable bonds is 4. The van der Waals surface area contributed by atoms with Crippen molar-refractivity contribution in [2.24, 2.45) is 0 Å². The van der Waals surface area contributed by atoms with Crippen LogP contribution in [-0.4, -0.2) is 23.3 Å². The second-order valence-corrected chi connectivity index (χ2v) is 5.27. The molecule has 2 rings (SSSR count). The third-order valence-corrected chi connectivity index (χ3v) is 3.40. The Morgan fingerprint density at radius 3 is 2.45 bits per heavy atom. The first kappa shape index (κ1) is 16.6. The zero-order valence-electron chi connectivity index (χ0n) is 11.3. The molecule has 0 aromatic heterocycles. The van der Waals surface area contributed by atoms with E-state index in [2.05, 4.69) is 5.32 Å². The van der Waals surface area contributed by atoms with E-state index in [1.165, 1.54) is 12.1 Å². The van der Waals surface area contributed by atoms with Crippen LogP contribution in [0.15, 0.2) is 42.5 Å². The lowest BCUT2D eigenvalue weighted by atomic mass is 9.79. The summed E-state index contributed by atoms with van der Waals surface area (Å²) in [7, 11) is -1.67. The molecule has 0 saturated heterocycles. The van der Waals surface area contributed by atoms with Crippen molar-refractivity contribution in [1.29, 1.82) is 0 Å². The molecule has 3 N–H and O–H groups in total. The molecule has 0 aliphatic rings. The van der Waals surface area contributed by atoms with Gasteiger partial charge in [0, 0.05) is 22.1 Å². The van der Waals surface area contributed by atoms with Gasteiger partial charge in [0.2, 0.25) is 0 Å². The van der Waals surface area contributed by atoms with Crippen molar-refractivity contribution in [2.75, 3.05) is 0 Å². The highest BCUT2D eigenvalue weighted by molar-refractivity contribution is 6.62. The van der Waals surface area contributed by atoms with E-state index in [1.807, 2.05) is 0 Å². The fourth-order valence-corrected chi connectivity index (χ4v) is 2.06. The van der Waals surface area contributed by atoms with Gasteiger partial charge in [-0.15, -0.1) is 0 Å². The first-order valence-electron chi connectivity index (χ1n) is 6.31. The number of nitrogens with one attached hydrogen (secondary N) is 1. The molecule has 0 unspecified atom stereocenters. The second-order valence-electron chi connectivity index (χ2n) is 4.43. The number of benzene rings is 2. The first-order valence-corrected chi connectivity index (χ1v) is 7.07. The van der Waals surface area contributed by atoms with Gasteiger partial charge in [0.05, 0.1) is 0 Å². The van der Waals surface area contributed by atoms with Crippen LogP contribution < -0.4 is 15.5 Å². The topological polar surface area (TPSA) is 78.8 Å². The van der Waals surface area contributed by atoms with Crippen LogP contribution >= 0.6 is 23.2 Å². The SMILES string of the molecule is O=C(NCc1ccc(Cl)c(B(O)O)c1)Oc1ccc(Cl)cc1. The van der Waals surface area contributed by atoms with Gasteiger partial charge in [-0.2, -0.15) is 0 Å². The molecule has 0 bridgehead atoms. The average molecular weight is 340 g/mol. The van der Waals surface area contributed by atoms with Gasteiger partial charge in [0.15, 0.2) is 0 Å². The molecule has 0 spiro atoms. The van der Waals surface area contributed by atoms with Gasteiger partial charge in [-0.25, -0.2) is 4.79 Å². The second kappa shape index (κ2) is 7.51. The van der Waals surface area contributed by atoms with Crippen LogP contribution in [0.25, 0.3) is 0 Å². The fourth-order valence-electron chi connectivity index (χ4n) is 1.72. The molecular formula is C14H12BCl2NO4. The Morgan fingerprint density at radius 2 is 1.82 bits per heavy atom. The van der Waals surface area contributed by atoms with E-state index in [0.717, 1.165) is 0 Å². The first-order chi connectivity index (χ1) is 10.5. The van der Waals surface area contributed by atoms with Gasteiger partial charge in [0.1, 0.15) is 5.75 Å². The van der Waals surface area contributed by atoms with Gasteiger partial charge in [-0.1, -0.05) is 35.3 Å². The molecule has 0 aliphatic carbocycles. The maximum atomic E-state index is 11.7. The summed E-state index contributed by atoms with van der Waals surface area (Å²) in [4.78, 5) is 11.7. The van der Waals surface area contributed by atoms with Crippen LogP contribution in [0.4, 0.5) is 4.79 Å². The smallest absolute Gasteiger partial charge is 0.423 e. The van der Waals surface area contributed by atoms with Gasteiger partial charge in [-0.05, 0) is 35.9 Å². The van der Waals surface area contributed by atoms with Crippen LogP contribution in [0.1, 0.15) is 5.56 Å². The molecule has 0 aliphatic heterocycles. The quantitative estimate of drug-likeness (QED) is 0.744. The van der Waals surface area contributed by atoms with Crippen molar-refractivity contribution in [1.82, 2.24) is 5.32 Å². The Kier molecular flexibility index (Phi) is 5.68.